The molecular formula is C19H17Cl2N3. The quantitative estimate of drug-likeness (QED) is 0.682. The first-order chi connectivity index (χ1) is 11.7. The summed E-state index contributed by atoms with van der Waals surface area (Å²) in [7, 11) is 0. The van der Waals surface area contributed by atoms with Crippen molar-refractivity contribution in [1.82, 2.24) is 9.78 Å². The molecule has 0 bridgehead atoms. The Morgan fingerprint density at radius 3 is 2.83 bits per heavy atom. The number of hydrogen-bond acceptors (Lipinski definition) is 2. The van der Waals surface area contributed by atoms with Gasteiger partial charge in [0.25, 0.3) is 0 Å². The first-order valence-electron chi connectivity index (χ1n) is 8.08. The lowest BCUT2D eigenvalue weighted by atomic mass is 10.1. The minimum absolute atomic E-state index is 0.664. The Kier molecular flexibility index (Phi) is 3.99. The van der Waals surface area contributed by atoms with Gasteiger partial charge in [-0.05, 0) is 42.7 Å². The van der Waals surface area contributed by atoms with Gasteiger partial charge in [0.15, 0.2) is 0 Å². The lowest BCUT2D eigenvalue weighted by molar-refractivity contribution is 0.866. The van der Waals surface area contributed by atoms with E-state index in [0.29, 0.717) is 10.0 Å². The number of anilines is 1. The van der Waals surface area contributed by atoms with E-state index in [4.69, 9.17) is 28.3 Å². The highest BCUT2D eigenvalue weighted by atomic mass is 35.5. The molecule has 0 amide bonds. The molecule has 1 aliphatic heterocycles. The van der Waals surface area contributed by atoms with Gasteiger partial charge in [-0.25, -0.2) is 4.68 Å². The Morgan fingerprint density at radius 2 is 2.00 bits per heavy atom. The summed E-state index contributed by atoms with van der Waals surface area (Å²) < 4.78 is 2.01. The molecule has 0 aliphatic carbocycles. The number of rotatable bonds is 3. The van der Waals surface area contributed by atoms with Gasteiger partial charge in [0.1, 0.15) is 5.82 Å². The molecule has 122 valence electrons. The van der Waals surface area contributed by atoms with E-state index in [0.717, 1.165) is 42.1 Å². The summed E-state index contributed by atoms with van der Waals surface area (Å²) in [6.45, 7) is 3.07. The van der Waals surface area contributed by atoms with Crippen LogP contribution in [-0.4, -0.2) is 16.3 Å². The Bertz CT molecular complexity index is 915. The standard InChI is InChI=1S/C19H17Cl2N3/c1-2-12-5-3-4-6-17(12)24-19-14(9-10-22-19)18(23-24)15-11-13(20)7-8-16(15)21/h3-8,11,22H,2,9-10H2,1H3. The fourth-order valence-corrected chi connectivity index (χ4v) is 3.64. The number of halogens is 2. The van der Waals surface area contributed by atoms with Gasteiger partial charge in [0.2, 0.25) is 0 Å². The first kappa shape index (κ1) is 15.6. The highest BCUT2D eigenvalue weighted by molar-refractivity contribution is 6.35. The molecule has 4 rings (SSSR count). The van der Waals surface area contributed by atoms with Crippen molar-refractivity contribution in [2.24, 2.45) is 0 Å². The summed E-state index contributed by atoms with van der Waals surface area (Å²) in [5, 5.41) is 9.69. The molecule has 1 N–H and O–H groups in total. The molecule has 1 aromatic heterocycles. The second-order valence-corrected chi connectivity index (χ2v) is 6.71. The van der Waals surface area contributed by atoms with Crippen LogP contribution in [0, 0.1) is 0 Å². The van der Waals surface area contributed by atoms with Gasteiger partial charge in [-0.3, -0.25) is 0 Å². The van der Waals surface area contributed by atoms with E-state index in [1.165, 1.54) is 11.1 Å². The molecule has 0 unspecified atom stereocenters. The minimum atomic E-state index is 0.664. The van der Waals surface area contributed by atoms with Gasteiger partial charge in [0, 0.05) is 22.7 Å². The Balaban J connectivity index is 1.94. The minimum Gasteiger partial charge on any atom is -0.369 e. The smallest absolute Gasteiger partial charge is 0.133 e. The molecule has 2 heterocycles. The molecule has 24 heavy (non-hydrogen) atoms. The van der Waals surface area contributed by atoms with E-state index >= 15 is 0 Å². The number of benzene rings is 2. The van der Waals surface area contributed by atoms with Gasteiger partial charge < -0.3 is 5.32 Å². The van der Waals surface area contributed by atoms with Crippen LogP contribution in [0.25, 0.3) is 16.9 Å². The highest BCUT2D eigenvalue weighted by Gasteiger charge is 2.25. The van der Waals surface area contributed by atoms with E-state index in [1.807, 2.05) is 22.9 Å². The van der Waals surface area contributed by atoms with E-state index in [-0.39, 0.29) is 0 Å². The first-order valence-corrected chi connectivity index (χ1v) is 8.84. The summed E-state index contributed by atoms with van der Waals surface area (Å²) in [4.78, 5) is 0. The fraction of sp³-hybridized carbons (Fsp3) is 0.211. The maximum Gasteiger partial charge on any atom is 0.133 e. The summed E-state index contributed by atoms with van der Waals surface area (Å²) in [5.74, 6) is 1.06. The molecule has 3 aromatic rings. The number of aryl methyl sites for hydroxylation is 1. The van der Waals surface area contributed by atoms with Crippen molar-refractivity contribution < 1.29 is 0 Å². The third-order valence-corrected chi connectivity index (χ3v) is 5.00. The molecule has 2 aromatic carbocycles. The lowest BCUT2D eigenvalue weighted by Crippen LogP contribution is -2.06. The van der Waals surface area contributed by atoms with Crippen LogP contribution in [0.3, 0.4) is 0 Å². The van der Waals surface area contributed by atoms with Crippen molar-refractivity contribution in [3.63, 3.8) is 0 Å². The Labute approximate surface area is 151 Å². The summed E-state index contributed by atoms with van der Waals surface area (Å²) >= 11 is 12.6. The van der Waals surface area contributed by atoms with E-state index in [9.17, 15) is 0 Å². The van der Waals surface area contributed by atoms with Crippen LogP contribution in [0.4, 0.5) is 5.82 Å². The maximum atomic E-state index is 6.42. The number of fused-ring (bicyclic) bond motifs is 1. The number of nitrogens with one attached hydrogen (secondary N) is 1. The van der Waals surface area contributed by atoms with Crippen molar-refractivity contribution in [2.75, 3.05) is 11.9 Å². The van der Waals surface area contributed by atoms with Crippen LogP contribution in [0.2, 0.25) is 10.0 Å². The second-order valence-electron chi connectivity index (χ2n) is 5.87. The zero-order valence-corrected chi connectivity index (χ0v) is 14.8. The Morgan fingerprint density at radius 1 is 1.17 bits per heavy atom. The molecule has 0 spiro atoms. The van der Waals surface area contributed by atoms with Crippen molar-refractivity contribution in [1.29, 1.82) is 0 Å². The number of hydrogen-bond donors (Lipinski definition) is 1. The molecule has 5 heteroatoms. The normalized spacial score (nSPS) is 13.0. The van der Waals surface area contributed by atoms with Crippen LogP contribution in [-0.2, 0) is 12.8 Å². The highest BCUT2D eigenvalue weighted by Crippen LogP contribution is 2.38. The molecule has 0 radical (unpaired) electrons. The van der Waals surface area contributed by atoms with Crippen molar-refractivity contribution >= 4 is 29.0 Å². The van der Waals surface area contributed by atoms with Gasteiger partial charge in [0.05, 0.1) is 16.4 Å². The van der Waals surface area contributed by atoms with Crippen LogP contribution in [0.5, 0.6) is 0 Å². The van der Waals surface area contributed by atoms with Crippen molar-refractivity contribution in [3.05, 3.63) is 63.6 Å². The monoisotopic (exact) mass is 357 g/mol. The number of aromatic nitrogens is 2. The predicted octanol–water partition coefficient (Wildman–Crippen LogP) is 5.38. The second kappa shape index (κ2) is 6.15. The van der Waals surface area contributed by atoms with Gasteiger partial charge in [-0.2, -0.15) is 5.10 Å². The summed E-state index contributed by atoms with van der Waals surface area (Å²) in [5.41, 5.74) is 5.37. The average molecular weight is 358 g/mol. The van der Waals surface area contributed by atoms with Gasteiger partial charge in [-0.1, -0.05) is 48.3 Å². The topological polar surface area (TPSA) is 29.9 Å². The van der Waals surface area contributed by atoms with E-state index in [2.05, 4.69) is 30.4 Å². The zero-order valence-electron chi connectivity index (χ0n) is 13.3. The lowest BCUT2D eigenvalue weighted by Gasteiger charge is -2.10. The van der Waals surface area contributed by atoms with Crippen LogP contribution in [0.15, 0.2) is 42.5 Å². The SMILES string of the molecule is CCc1ccccc1-n1nc(-c2cc(Cl)ccc2Cl)c2c1NCC2. The van der Waals surface area contributed by atoms with Gasteiger partial charge in [-0.15, -0.1) is 0 Å². The summed E-state index contributed by atoms with van der Waals surface area (Å²) in [6.07, 6.45) is 1.89. The molecule has 0 saturated heterocycles. The van der Waals surface area contributed by atoms with E-state index < -0.39 is 0 Å². The number of nitrogens with zero attached hydrogens (tertiary/aromatic N) is 2. The van der Waals surface area contributed by atoms with Crippen LogP contribution < -0.4 is 5.32 Å². The largest absolute Gasteiger partial charge is 0.369 e. The van der Waals surface area contributed by atoms with Crippen molar-refractivity contribution in [2.45, 2.75) is 19.8 Å². The molecule has 3 nitrogen and oxygen atoms in total. The van der Waals surface area contributed by atoms with Crippen molar-refractivity contribution in [3.8, 4) is 16.9 Å². The molecular weight excluding hydrogens is 341 g/mol. The van der Waals surface area contributed by atoms with Crippen LogP contribution >= 0.6 is 23.2 Å². The molecule has 1 aliphatic rings. The van der Waals surface area contributed by atoms with Crippen LogP contribution in [0.1, 0.15) is 18.1 Å². The van der Waals surface area contributed by atoms with E-state index in [1.54, 1.807) is 6.07 Å². The average Bonchev–Trinajstić information content (AvgIpc) is 3.19. The summed E-state index contributed by atoms with van der Waals surface area (Å²) in [6, 6.07) is 13.9. The molecule has 0 saturated carbocycles. The zero-order chi connectivity index (χ0) is 16.7. The molecule has 0 atom stereocenters. The molecule has 0 fully saturated rings. The number of para-hydroxylation sites is 1. The Hall–Kier alpha value is -1.97. The predicted molar refractivity (Wildman–Crippen MR) is 101 cm³/mol. The maximum absolute atomic E-state index is 6.42. The third-order valence-electron chi connectivity index (χ3n) is 4.44. The van der Waals surface area contributed by atoms with Gasteiger partial charge >= 0.3 is 0 Å². The fourth-order valence-electron chi connectivity index (χ4n) is 3.26. The third kappa shape index (κ3) is 2.48.